The van der Waals surface area contributed by atoms with Crippen LogP contribution in [-0.4, -0.2) is 41.3 Å². The number of fused-ring (bicyclic) bond motifs is 1. The highest BCUT2D eigenvalue weighted by molar-refractivity contribution is 5.89. The lowest BCUT2D eigenvalue weighted by Crippen LogP contribution is -2.34. The van der Waals surface area contributed by atoms with E-state index < -0.39 is 0 Å². The molecule has 5 heteroatoms. The maximum atomic E-state index is 12.3. The van der Waals surface area contributed by atoms with Crippen LogP contribution in [0.4, 0.5) is 0 Å². The summed E-state index contributed by atoms with van der Waals surface area (Å²) in [5.41, 5.74) is 3.59. The predicted octanol–water partition coefficient (Wildman–Crippen LogP) is 3.17. The number of amides is 2. The molecule has 1 aromatic carbocycles. The third-order valence-electron chi connectivity index (χ3n) is 5.24. The van der Waals surface area contributed by atoms with Gasteiger partial charge in [-0.2, -0.15) is 0 Å². The molecule has 0 bridgehead atoms. The van der Waals surface area contributed by atoms with Crippen LogP contribution in [0, 0.1) is 12.8 Å². The lowest BCUT2D eigenvalue weighted by Gasteiger charge is -2.16. The molecule has 0 saturated carbocycles. The van der Waals surface area contributed by atoms with E-state index in [0.29, 0.717) is 26.1 Å². The SMILES string of the molecule is CCCCCNC(=O)[C@H]1CC(=O)N(CCc2c[nH]c3ccc(C)cc23)C1. The molecule has 3 rings (SSSR count). The summed E-state index contributed by atoms with van der Waals surface area (Å²) in [4.78, 5) is 29.7. The first-order valence-corrected chi connectivity index (χ1v) is 9.70. The molecule has 2 amide bonds. The fourth-order valence-corrected chi connectivity index (χ4v) is 3.65. The Hall–Kier alpha value is -2.30. The van der Waals surface area contributed by atoms with Gasteiger partial charge in [-0.1, -0.05) is 31.4 Å². The molecule has 1 aromatic heterocycles. The molecule has 0 aliphatic carbocycles. The zero-order valence-electron chi connectivity index (χ0n) is 15.8. The fourth-order valence-electron chi connectivity index (χ4n) is 3.65. The van der Waals surface area contributed by atoms with Crippen molar-refractivity contribution in [3.63, 3.8) is 0 Å². The van der Waals surface area contributed by atoms with E-state index in [9.17, 15) is 9.59 Å². The minimum absolute atomic E-state index is 0.0275. The largest absolute Gasteiger partial charge is 0.361 e. The van der Waals surface area contributed by atoms with Crippen molar-refractivity contribution in [2.45, 2.75) is 46.0 Å². The number of aromatic nitrogens is 1. The van der Waals surface area contributed by atoms with E-state index in [1.807, 2.05) is 11.1 Å². The molecule has 2 N–H and O–H groups in total. The van der Waals surface area contributed by atoms with Crippen LogP contribution in [0.5, 0.6) is 0 Å². The summed E-state index contributed by atoms with van der Waals surface area (Å²) in [5, 5.41) is 4.20. The predicted molar refractivity (Wildman–Crippen MR) is 104 cm³/mol. The fraction of sp³-hybridized carbons (Fsp3) is 0.524. The number of rotatable bonds is 8. The van der Waals surface area contributed by atoms with Crippen molar-refractivity contribution >= 4 is 22.7 Å². The second-order valence-corrected chi connectivity index (χ2v) is 7.35. The average Bonchev–Trinajstić information content (AvgIpc) is 3.20. The Labute approximate surface area is 155 Å². The zero-order valence-corrected chi connectivity index (χ0v) is 15.8. The Morgan fingerprint density at radius 1 is 1.35 bits per heavy atom. The average molecular weight is 355 g/mol. The molecular weight excluding hydrogens is 326 g/mol. The quantitative estimate of drug-likeness (QED) is 0.714. The Morgan fingerprint density at radius 3 is 3.00 bits per heavy atom. The summed E-state index contributed by atoms with van der Waals surface area (Å²) in [6.07, 6.45) is 6.45. The topological polar surface area (TPSA) is 65.2 Å². The molecule has 1 aliphatic rings. The van der Waals surface area contributed by atoms with Crippen LogP contribution in [0.3, 0.4) is 0 Å². The number of benzene rings is 1. The molecule has 1 saturated heterocycles. The molecule has 26 heavy (non-hydrogen) atoms. The van der Waals surface area contributed by atoms with Gasteiger partial charge in [-0.25, -0.2) is 0 Å². The van der Waals surface area contributed by atoms with Crippen LogP contribution in [0.15, 0.2) is 24.4 Å². The van der Waals surface area contributed by atoms with Gasteiger partial charge in [0.05, 0.1) is 5.92 Å². The maximum Gasteiger partial charge on any atom is 0.225 e. The van der Waals surface area contributed by atoms with Crippen LogP contribution in [0.1, 0.15) is 43.7 Å². The number of carbonyl (C=O) groups is 2. The highest BCUT2D eigenvalue weighted by Gasteiger charge is 2.33. The van der Waals surface area contributed by atoms with E-state index in [4.69, 9.17) is 0 Å². The Bertz CT molecular complexity index is 781. The highest BCUT2D eigenvalue weighted by atomic mass is 16.2. The third-order valence-corrected chi connectivity index (χ3v) is 5.24. The first-order valence-electron chi connectivity index (χ1n) is 9.70. The van der Waals surface area contributed by atoms with Gasteiger partial charge in [0.25, 0.3) is 0 Å². The molecular formula is C21H29N3O2. The molecule has 1 fully saturated rings. The molecule has 2 aromatic rings. The smallest absolute Gasteiger partial charge is 0.225 e. The van der Waals surface area contributed by atoms with Gasteiger partial charge in [0, 0.05) is 43.2 Å². The second kappa shape index (κ2) is 8.39. The van der Waals surface area contributed by atoms with Crippen molar-refractivity contribution < 1.29 is 9.59 Å². The number of hydrogen-bond acceptors (Lipinski definition) is 2. The monoisotopic (exact) mass is 355 g/mol. The van der Waals surface area contributed by atoms with Crippen LogP contribution >= 0.6 is 0 Å². The van der Waals surface area contributed by atoms with Crippen LogP contribution < -0.4 is 5.32 Å². The van der Waals surface area contributed by atoms with Gasteiger partial charge in [-0.3, -0.25) is 9.59 Å². The lowest BCUT2D eigenvalue weighted by atomic mass is 10.1. The van der Waals surface area contributed by atoms with Crippen LogP contribution in [0.2, 0.25) is 0 Å². The lowest BCUT2D eigenvalue weighted by molar-refractivity contribution is -0.129. The van der Waals surface area contributed by atoms with Gasteiger partial charge in [-0.05, 0) is 37.5 Å². The molecule has 0 spiro atoms. The number of likely N-dealkylation sites (tertiary alicyclic amines) is 1. The van der Waals surface area contributed by atoms with E-state index >= 15 is 0 Å². The standard InChI is InChI=1S/C21H29N3O2/c1-3-4-5-9-22-21(26)17-12-20(25)24(14-17)10-8-16-13-23-19-7-6-15(2)11-18(16)19/h6-7,11,13,17,23H,3-5,8-10,12,14H2,1-2H3,(H,22,26)/t17-/m0/s1. The number of H-pyrrole nitrogens is 1. The Morgan fingerprint density at radius 2 is 2.19 bits per heavy atom. The van der Waals surface area contributed by atoms with Gasteiger partial charge in [-0.15, -0.1) is 0 Å². The summed E-state index contributed by atoms with van der Waals surface area (Å²) >= 11 is 0. The van der Waals surface area contributed by atoms with Crippen molar-refractivity contribution in [2.75, 3.05) is 19.6 Å². The van der Waals surface area contributed by atoms with Crippen molar-refractivity contribution in [1.29, 1.82) is 0 Å². The second-order valence-electron chi connectivity index (χ2n) is 7.35. The number of aromatic amines is 1. The van der Waals surface area contributed by atoms with Gasteiger partial charge >= 0.3 is 0 Å². The summed E-state index contributed by atoms with van der Waals surface area (Å²) < 4.78 is 0. The number of aryl methyl sites for hydroxylation is 1. The highest BCUT2D eigenvalue weighted by Crippen LogP contribution is 2.22. The van der Waals surface area contributed by atoms with Gasteiger partial charge in [0.1, 0.15) is 0 Å². The van der Waals surface area contributed by atoms with E-state index in [2.05, 4.69) is 42.3 Å². The Balaban J connectivity index is 1.53. The number of nitrogens with zero attached hydrogens (tertiary/aromatic N) is 1. The maximum absolute atomic E-state index is 12.3. The van der Waals surface area contributed by atoms with Gasteiger partial charge < -0.3 is 15.2 Å². The number of hydrogen-bond donors (Lipinski definition) is 2. The molecule has 1 aliphatic heterocycles. The van der Waals surface area contributed by atoms with Gasteiger partial charge in [0.2, 0.25) is 11.8 Å². The first kappa shape index (κ1) is 18.5. The third kappa shape index (κ3) is 4.26. The summed E-state index contributed by atoms with van der Waals surface area (Å²) in [7, 11) is 0. The minimum atomic E-state index is -0.200. The van der Waals surface area contributed by atoms with Crippen molar-refractivity contribution in [3.8, 4) is 0 Å². The molecule has 140 valence electrons. The molecule has 5 nitrogen and oxygen atoms in total. The van der Waals surface area contributed by atoms with E-state index in [1.54, 1.807) is 0 Å². The normalized spacial score (nSPS) is 17.2. The van der Waals surface area contributed by atoms with Crippen molar-refractivity contribution in [3.05, 3.63) is 35.5 Å². The van der Waals surface area contributed by atoms with E-state index in [0.717, 1.165) is 31.2 Å². The van der Waals surface area contributed by atoms with Crippen molar-refractivity contribution in [1.82, 2.24) is 15.2 Å². The number of nitrogens with one attached hydrogen (secondary N) is 2. The Kier molecular flexibility index (Phi) is 5.96. The molecule has 0 radical (unpaired) electrons. The van der Waals surface area contributed by atoms with E-state index in [1.165, 1.54) is 16.5 Å². The van der Waals surface area contributed by atoms with Crippen LogP contribution in [-0.2, 0) is 16.0 Å². The van der Waals surface area contributed by atoms with E-state index in [-0.39, 0.29) is 17.7 Å². The summed E-state index contributed by atoms with van der Waals surface area (Å²) in [5.74, 6) is -0.0799. The number of unbranched alkanes of at least 4 members (excludes halogenated alkanes) is 2. The van der Waals surface area contributed by atoms with Gasteiger partial charge in [0.15, 0.2) is 0 Å². The number of carbonyl (C=O) groups excluding carboxylic acids is 2. The molecule has 2 heterocycles. The zero-order chi connectivity index (χ0) is 18.5. The van der Waals surface area contributed by atoms with Crippen molar-refractivity contribution in [2.24, 2.45) is 5.92 Å². The molecule has 1 atom stereocenters. The summed E-state index contributed by atoms with van der Waals surface area (Å²) in [6.45, 7) is 6.15. The summed E-state index contributed by atoms with van der Waals surface area (Å²) in [6, 6.07) is 6.37. The minimum Gasteiger partial charge on any atom is -0.361 e. The molecule has 0 unspecified atom stereocenters. The van der Waals surface area contributed by atoms with Crippen LogP contribution in [0.25, 0.3) is 10.9 Å². The first-order chi connectivity index (χ1) is 12.6.